The van der Waals surface area contributed by atoms with Crippen LogP contribution in [0.5, 0.6) is 0 Å². The maximum absolute atomic E-state index is 5.79. The number of fused-ring (bicyclic) bond motifs is 1. The average molecular weight is 241 g/mol. The smallest absolute Gasteiger partial charge is 0.0933 e. The number of rotatable bonds is 3. The molecule has 1 saturated carbocycles. The molecule has 4 nitrogen and oxygen atoms in total. The molecule has 0 spiro atoms. The molecule has 0 bridgehead atoms. The molecule has 2 heterocycles. The lowest BCUT2D eigenvalue weighted by molar-refractivity contribution is -0.124. The highest BCUT2D eigenvalue weighted by molar-refractivity contribution is 5.11. The minimum atomic E-state index is 0.223. The summed E-state index contributed by atoms with van der Waals surface area (Å²) in [5.74, 6) is 0.703. The molecular weight excluding hydrogens is 218 g/mol. The van der Waals surface area contributed by atoms with Gasteiger partial charge in [0.05, 0.1) is 32.0 Å². The Morgan fingerprint density at radius 1 is 1.18 bits per heavy atom. The van der Waals surface area contributed by atoms with Gasteiger partial charge < -0.3 is 19.5 Å². The van der Waals surface area contributed by atoms with Crippen molar-refractivity contribution in [1.29, 1.82) is 0 Å². The Morgan fingerprint density at radius 3 is 2.82 bits per heavy atom. The second-order valence-corrected chi connectivity index (χ2v) is 6.02. The van der Waals surface area contributed by atoms with Crippen LogP contribution in [0.1, 0.15) is 20.3 Å². The van der Waals surface area contributed by atoms with E-state index >= 15 is 0 Å². The molecule has 4 unspecified atom stereocenters. The molecule has 98 valence electrons. The minimum Gasteiger partial charge on any atom is -0.377 e. The second-order valence-electron chi connectivity index (χ2n) is 6.02. The van der Waals surface area contributed by atoms with Crippen molar-refractivity contribution in [1.82, 2.24) is 5.32 Å². The third kappa shape index (κ3) is 2.01. The first-order chi connectivity index (χ1) is 8.19. The van der Waals surface area contributed by atoms with Gasteiger partial charge in [-0.25, -0.2) is 0 Å². The van der Waals surface area contributed by atoms with Crippen molar-refractivity contribution < 1.29 is 14.2 Å². The highest BCUT2D eigenvalue weighted by Gasteiger charge is 2.58. The molecule has 4 atom stereocenters. The number of hydrogen-bond donors (Lipinski definition) is 1. The van der Waals surface area contributed by atoms with Crippen molar-refractivity contribution in [2.45, 2.75) is 38.5 Å². The average Bonchev–Trinajstić information content (AvgIpc) is 2.77. The van der Waals surface area contributed by atoms with Crippen LogP contribution >= 0.6 is 0 Å². The first-order valence-electron chi connectivity index (χ1n) is 6.74. The van der Waals surface area contributed by atoms with Crippen LogP contribution in [0.3, 0.4) is 0 Å². The van der Waals surface area contributed by atoms with Gasteiger partial charge >= 0.3 is 0 Å². The van der Waals surface area contributed by atoms with Gasteiger partial charge in [0.15, 0.2) is 0 Å². The molecule has 0 aromatic carbocycles. The topological polar surface area (TPSA) is 39.7 Å². The van der Waals surface area contributed by atoms with Crippen LogP contribution < -0.4 is 5.32 Å². The summed E-state index contributed by atoms with van der Waals surface area (Å²) in [6, 6.07) is 0.570. The molecule has 4 heteroatoms. The SMILES string of the molecule is CC1(C)C(NCC2COCCO2)C2CCOC21. The monoisotopic (exact) mass is 241 g/mol. The molecule has 0 aromatic heterocycles. The lowest BCUT2D eigenvalue weighted by Gasteiger charge is -2.55. The van der Waals surface area contributed by atoms with E-state index in [1.807, 2.05) is 0 Å². The maximum Gasteiger partial charge on any atom is 0.0933 e. The van der Waals surface area contributed by atoms with Gasteiger partial charge in [0, 0.05) is 30.5 Å². The van der Waals surface area contributed by atoms with Crippen molar-refractivity contribution in [2.75, 3.05) is 33.0 Å². The van der Waals surface area contributed by atoms with Crippen LogP contribution in [0.4, 0.5) is 0 Å². The summed E-state index contributed by atoms with van der Waals surface area (Å²) in [7, 11) is 0. The standard InChI is InChI=1S/C13H23NO3/c1-13(2)11(10-3-4-17-12(10)13)14-7-9-8-15-5-6-16-9/h9-12,14H,3-8H2,1-2H3. The van der Waals surface area contributed by atoms with E-state index in [1.54, 1.807) is 0 Å². The molecule has 0 amide bonds. The molecule has 17 heavy (non-hydrogen) atoms. The second kappa shape index (κ2) is 4.50. The normalized spacial score (nSPS) is 44.1. The highest BCUT2D eigenvalue weighted by atomic mass is 16.6. The first-order valence-corrected chi connectivity index (χ1v) is 6.74. The van der Waals surface area contributed by atoms with Gasteiger partial charge in [-0.15, -0.1) is 0 Å². The van der Waals surface area contributed by atoms with E-state index < -0.39 is 0 Å². The molecule has 0 aromatic rings. The van der Waals surface area contributed by atoms with Crippen molar-refractivity contribution in [2.24, 2.45) is 11.3 Å². The Bertz CT molecular complexity index is 276. The summed E-state index contributed by atoms with van der Waals surface area (Å²) in [4.78, 5) is 0. The fourth-order valence-electron chi connectivity index (χ4n) is 3.65. The van der Waals surface area contributed by atoms with Gasteiger partial charge in [0.2, 0.25) is 0 Å². The molecule has 0 radical (unpaired) electrons. The summed E-state index contributed by atoms with van der Waals surface area (Å²) in [6.07, 6.45) is 1.89. The third-order valence-corrected chi connectivity index (χ3v) is 4.55. The van der Waals surface area contributed by atoms with Crippen molar-refractivity contribution in [3.8, 4) is 0 Å². The minimum absolute atomic E-state index is 0.223. The maximum atomic E-state index is 5.79. The highest BCUT2D eigenvalue weighted by Crippen LogP contribution is 2.52. The fraction of sp³-hybridized carbons (Fsp3) is 1.00. The summed E-state index contributed by atoms with van der Waals surface area (Å²) in [5, 5.41) is 3.67. The molecule has 2 aliphatic heterocycles. The van der Waals surface area contributed by atoms with Crippen molar-refractivity contribution in [3.63, 3.8) is 0 Å². The molecular formula is C13H23NO3. The molecule has 3 fully saturated rings. The molecule has 3 rings (SSSR count). The number of hydrogen-bond acceptors (Lipinski definition) is 4. The zero-order valence-electron chi connectivity index (χ0n) is 10.8. The van der Waals surface area contributed by atoms with Crippen LogP contribution in [0.2, 0.25) is 0 Å². The van der Waals surface area contributed by atoms with E-state index in [9.17, 15) is 0 Å². The largest absolute Gasteiger partial charge is 0.377 e. The predicted molar refractivity (Wildman–Crippen MR) is 64.0 cm³/mol. The fourth-order valence-corrected chi connectivity index (χ4v) is 3.65. The van der Waals surface area contributed by atoms with Crippen LogP contribution in [0.25, 0.3) is 0 Å². The van der Waals surface area contributed by atoms with Crippen LogP contribution in [0.15, 0.2) is 0 Å². The van der Waals surface area contributed by atoms with Gasteiger partial charge in [-0.3, -0.25) is 0 Å². The van der Waals surface area contributed by atoms with E-state index in [0.29, 0.717) is 18.1 Å². The van der Waals surface area contributed by atoms with Gasteiger partial charge in [-0.2, -0.15) is 0 Å². The first kappa shape index (κ1) is 11.9. The summed E-state index contributed by atoms with van der Waals surface area (Å²) >= 11 is 0. The van der Waals surface area contributed by atoms with Crippen LogP contribution in [-0.4, -0.2) is 51.2 Å². The molecule has 1 aliphatic carbocycles. The Labute approximate surface area is 103 Å². The third-order valence-electron chi connectivity index (χ3n) is 4.55. The zero-order valence-corrected chi connectivity index (χ0v) is 10.8. The van der Waals surface area contributed by atoms with Crippen LogP contribution in [0, 0.1) is 11.3 Å². The quantitative estimate of drug-likeness (QED) is 0.793. The van der Waals surface area contributed by atoms with E-state index in [2.05, 4.69) is 19.2 Å². The van der Waals surface area contributed by atoms with E-state index in [1.165, 1.54) is 6.42 Å². The van der Waals surface area contributed by atoms with Crippen molar-refractivity contribution >= 4 is 0 Å². The van der Waals surface area contributed by atoms with Crippen molar-refractivity contribution in [3.05, 3.63) is 0 Å². The summed E-state index contributed by atoms with van der Waals surface area (Å²) < 4.78 is 16.9. The Hall–Kier alpha value is -0.160. The Balaban J connectivity index is 1.51. The molecule has 3 aliphatic rings. The van der Waals surface area contributed by atoms with Gasteiger partial charge in [-0.1, -0.05) is 13.8 Å². The van der Waals surface area contributed by atoms with Gasteiger partial charge in [0.25, 0.3) is 0 Å². The lowest BCUT2D eigenvalue weighted by Crippen LogP contribution is -2.66. The van der Waals surface area contributed by atoms with E-state index in [0.717, 1.165) is 33.0 Å². The van der Waals surface area contributed by atoms with E-state index in [-0.39, 0.29) is 11.5 Å². The Kier molecular flexibility index (Phi) is 3.15. The summed E-state index contributed by atoms with van der Waals surface area (Å²) in [5.41, 5.74) is 0.261. The predicted octanol–water partition coefficient (Wildman–Crippen LogP) is 0.805. The lowest BCUT2D eigenvalue weighted by atomic mass is 9.57. The van der Waals surface area contributed by atoms with Gasteiger partial charge in [0.1, 0.15) is 0 Å². The molecule has 2 saturated heterocycles. The summed E-state index contributed by atoms with van der Waals surface area (Å²) in [6.45, 7) is 8.63. The van der Waals surface area contributed by atoms with Gasteiger partial charge in [-0.05, 0) is 6.42 Å². The number of ether oxygens (including phenoxy) is 3. The van der Waals surface area contributed by atoms with Crippen LogP contribution in [-0.2, 0) is 14.2 Å². The number of nitrogens with one attached hydrogen (secondary N) is 1. The molecule has 1 N–H and O–H groups in total. The Morgan fingerprint density at radius 2 is 2.06 bits per heavy atom. The van der Waals surface area contributed by atoms with E-state index in [4.69, 9.17) is 14.2 Å². The zero-order chi connectivity index (χ0) is 11.9.